The summed E-state index contributed by atoms with van der Waals surface area (Å²) in [6.45, 7) is 4.26. The van der Waals surface area contributed by atoms with E-state index in [-0.39, 0.29) is 23.9 Å². The molecule has 94 valence electrons. The normalized spacial score (nSPS) is 31.9. The van der Waals surface area contributed by atoms with Gasteiger partial charge in [-0.3, -0.25) is 4.79 Å². The Bertz CT molecular complexity index is 241. The lowest BCUT2D eigenvalue weighted by Gasteiger charge is -2.29. The van der Waals surface area contributed by atoms with Crippen LogP contribution in [0, 0.1) is 17.8 Å². The van der Waals surface area contributed by atoms with Crippen LogP contribution in [0.3, 0.4) is 0 Å². The molecule has 0 aromatic heterocycles. The molecule has 0 aliphatic heterocycles. The molecule has 0 aromatic rings. The van der Waals surface area contributed by atoms with Gasteiger partial charge in [-0.25, -0.2) is 0 Å². The van der Waals surface area contributed by atoms with Crippen LogP contribution in [0.5, 0.6) is 0 Å². The number of nitrogens with two attached hydrogens (primary N) is 2. The molecular weight excluding hydrogens is 204 g/mol. The van der Waals surface area contributed by atoms with E-state index in [0.29, 0.717) is 18.8 Å². The van der Waals surface area contributed by atoms with Gasteiger partial charge in [0.05, 0.1) is 5.92 Å². The fraction of sp³-hybridized carbons (Fsp3) is 0.917. The van der Waals surface area contributed by atoms with Crippen molar-refractivity contribution in [3.63, 3.8) is 0 Å². The molecule has 0 bridgehead atoms. The van der Waals surface area contributed by atoms with Crippen molar-refractivity contribution in [2.75, 3.05) is 0 Å². The summed E-state index contributed by atoms with van der Waals surface area (Å²) in [7, 11) is 0. The van der Waals surface area contributed by atoms with E-state index in [2.05, 4.69) is 13.8 Å². The lowest BCUT2D eigenvalue weighted by Crippen LogP contribution is -2.43. The van der Waals surface area contributed by atoms with E-state index in [4.69, 9.17) is 16.6 Å². The van der Waals surface area contributed by atoms with E-state index in [0.717, 1.165) is 12.8 Å². The van der Waals surface area contributed by atoms with Crippen LogP contribution in [-0.2, 0) is 4.79 Å². The maximum Gasteiger partial charge on any atom is 0.306 e. The second-order valence-electron chi connectivity index (χ2n) is 4.99. The minimum absolute atomic E-state index is 0.0447. The van der Waals surface area contributed by atoms with Gasteiger partial charge in [0.15, 0.2) is 0 Å². The Labute approximate surface area is 97.4 Å². The number of hydrogen-bond donors (Lipinski definition) is 3. The third-order valence-electron chi connectivity index (χ3n) is 4.10. The Morgan fingerprint density at radius 3 is 2.31 bits per heavy atom. The maximum atomic E-state index is 10.9. The van der Waals surface area contributed by atoms with Gasteiger partial charge in [-0.05, 0) is 24.7 Å². The Morgan fingerprint density at radius 1 is 1.38 bits per heavy atom. The lowest BCUT2D eigenvalue weighted by molar-refractivity contribution is -0.141. The second-order valence-corrected chi connectivity index (χ2v) is 4.99. The summed E-state index contributed by atoms with van der Waals surface area (Å²) in [5, 5.41) is 8.99. The fourth-order valence-corrected chi connectivity index (χ4v) is 2.93. The number of rotatable bonds is 5. The molecule has 5 N–H and O–H groups in total. The van der Waals surface area contributed by atoms with Crippen molar-refractivity contribution in [3.8, 4) is 0 Å². The summed E-state index contributed by atoms with van der Waals surface area (Å²) in [4.78, 5) is 10.9. The summed E-state index contributed by atoms with van der Waals surface area (Å²) in [5.41, 5.74) is 12.2. The quantitative estimate of drug-likeness (QED) is 0.659. The molecule has 4 atom stereocenters. The minimum atomic E-state index is -0.727. The van der Waals surface area contributed by atoms with Crippen LogP contribution in [-0.4, -0.2) is 23.2 Å². The topological polar surface area (TPSA) is 89.3 Å². The van der Waals surface area contributed by atoms with E-state index in [1.165, 1.54) is 0 Å². The molecule has 1 fully saturated rings. The molecule has 1 rings (SSSR count). The maximum absolute atomic E-state index is 10.9. The first-order valence-corrected chi connectivity index (χ1v) is 6.25. The molecule has 0 aromatic carbocycles. The predicted molar refractivity (Wildman–Crippen MR) is 63.9 cm³/mol. The van der Waals surface area contributed by atoms with E-state index in [1.807, 2.05) is 0 Å². The zero-order valence-corrected chi connectivity index (χ0v) is 10.2. The molecule has 4 unspecified atom stereocenters. The number of carbonyl (C=O) groups is 1. The predicted octanol–water partition coefficient (Wildman–Crippen LogP) is 1.19. The van der Waals surface area contributed by atoms with Gasteiger partial charge < -0.3 is 16.6 Å². The van der Waals surface area contributed by atoms with Crippen LogP contribution >= 0.6 is 0 Å². The molecule has 1 aliphatic carbocycles. The first-order valence-electron chi connectivity index (χ1n) is 6.25. The number of carboxylic acids is 1. The van der Waals surface area contributed by atoms with E-state index in [1.54, 1.807) is 0 Å². The SMILES string of the molecule is CCC(CC)C(N)C1CC(C(=O)O)CC1N. The Hall–Kier alpha value is -0.610. The zero-order valence-electron chi connectivity index (χ0n) is 10.2. The van der Waals surface area contributed by atoms with Gasteiger partial charge >= 0.3 is 5.97 Å². The van der Waals surface area contributed by atoms with Gasteiger partial charge in [0.1, 0.15) is 0 Å². The van der Waals surface area contributed by atoms with Crippen molar-refractivity contribution in [1.29, 1.82) is 0 Å². The molecule has 0 saturated heterocycles. The molecule has 4 nitrogen and oxygen atoms in total. The molecule has 0 heterocycles. The van der Waals surface area contributed by atoms with Crippen LogP contribution in [0.25, 0.3) is 0 Å². The van der Waals surface area contributed by atoms with Crippen molar-refractivity contribution in [2.45, 2.75) is 51.6 Å². The summed E-state index contributed by atoms with van der Waals surface area (Å²) in [5.74, 6) is -0.385. The smallest absolute Gasteiger partial charge is 0.306 e. The van der Waals surface area contributed by atoms with Crippen LogP contribution in [0.2, 0.25) is 0 Å². The summed E-state index contributed by atoms with van der Waals surface area (Å²) < 4.78 is 0. The largest absolute Gasteiger partial charge is 0.481 e. The average molecular weight is 228 g/mol. The summed E-state index contributed by atoms with van der Waals surface area (Å²) in [6, 6.07) is 0.00560. The van der Waals surface area contributed by atoms with Gasteiger partial charge in [-0.15, -0.1) is 0 Å². The van der Waals surface area contributed by atoms with Gasteiger partial charge in [0, 0.05) is 12.1 Å². The highest BCUT2D eigenvalue weighted by atomic mass is 16.4. The van der Waals surface area contributed by atoms with Crippen LogP contribution in [0.4, 0.5) is 0 Å². The molecular formula is C12H24N2O2. The van der Waals surface area contributed by atoms with Crippen molar-refractivity contribution < 1.29 is 9.90 Å². The van der Waals surface area contributed by atoms with Crippen molar-refractivity contribution in [3.05, 3.63) is 0 Å². The lowest BCUT2D eigenvalue weighted by atomic mass is 9.83. The Kier molecular flexibility index (Phi) is 4.74. The van der Waals surface area contributed by atoms with Crippen molar-refractivity contribution >= 4 is 5.97 Å². The Balaban J connectivity index is 2.63. The monoisotopic (exact) mass is 228 g/mol. The van der Waals surface area contributed by atoms with Gasteiger partial charge in [0.2, 0.25) is 0 Å². The van der Waals surface area contributed by atoms with Crippen LogP contribution in [0.15, 0.2) is 0 Å². The Morgan fingerprint density at radius 2 is 1.94 bits per heavy atom. The van der Waals surface area contributed by atoms with E-state index in [9.17, 15) is 4.79 Å². The van der Waals surface area contributed by atoms with E-state index >= 15 is 0 Å². The number of hydrogen-bond acceptors (Lipinski definition) is 3. The highest BCUT2D eigenvalue weighted by Crippen LogP contribution is 2.35. The molecule has 4 heteroatoms. The third kappa shape index (κ3) is 2.74. The molecule has 1 saturated carbocycles. The van der Waals surface area contributed by atoms with Gasteiger partial charge in [-0.2, -0.15) is 0 Å². The summed E-state index contributed by atoms with van der Waals surface area (Å²) >= 11 is 0. The molecule has 0 radical (unpaired) electrons. The van der Waals surface area contributed by atoms with E-state index < -0.39 is 5.97 Å². The number of carboxylic acid groups (broad SMARTS) is 1. The zero-order chi connectivity index (χ0) is 12.3. The number of aliphatic carboxylic acids is 1. The molecule has 0 spiro atoms. The standard InChI is InChI=1S/C12H24N2O2/c1-3-7(4-2)11(14)9-5-8(12(15)16)6-10(9)13/h7-11H,3-6,13-14H2,1-2H3,(H,15,16). The average Bonchev–Trinajstić information content (AvgIpc) is 2.62. The highest BCUT2D eigenvalue weighted by molar-refractivity contribution is 5.70. The molecule has 1 aliphatic rings. The third-order valence-corrected chi connectivity index (χ3v) is 4.10. The van der Waals surface area contributed by atoms with Crippen LogP contribution < -0.4 is 11.5 Å². The first kappa shape index (κ1) is 13.5. The highest BCUT2D eigenvalue weighted by Gasteiger charge is 2.40. The summed E-state index contributed by atoms with van der Waals surface area (Å²) in [6.07, 6.45) is 3.30. The molecule has 16 heavy (non-hydrogen) atoms. The van der Waals surface area contributed by atoms with Crippen molar-refractivity contribution in [1.82, 2.24) is 0 Å². The minimum Gasteiger partial charge on any atom is -0.481 e. The van der Waals surface area contributed by atoms with Crippen LogP contribution in [0.1, 0.15) is 39.5 Å². The second kappa shape index (κ2) is 5.64. The van der Waals surface area contributed by atoms with Crippen molar-refractivity contribution in [2.24, 2.45) is 29.2 Å². The fourth-order valence-electron chi connectivity index (χ4n) is 2.93. The molecule has 0 amide bonds. The van der Waals surface area contributed by atoms with Gasteiger partial charge in [0.25, 0.3) is 0 Å². The first-order chi connectivity index (χ1) is 7.51. The van der Waals surface area contributed by atoms with Gasteiger partial charge in [-0.1, -0.05) is 26.7 Å².